The molecule has 1 fully saturated rings. The van der Waals surface area contributed by atoms with Gasteiger partial charge in [0.2, 0.25) is 0 Å². The molecular formula is C23H20F7N3O4S2. The summed E-state index contributed by atoms with van der Waals surface area (Å²) in [5.41, 5.74) is 1.48. The Morgan fingerprint density at radius 2 is 1.64 bits per heavy atom. The number of benzene rings is 2. The number of nitrogens with one attached hydrogen (secondary N) is 1. The first-order valence-electron chi connectivity index (χ1n) is 11.0. The number of likely N-dealkylation sites (tertiary alicyclic amines) is 1. The number of rotatable bonds is 8. The van der Waals surface area contributed by atoms with E-state index in [1.54, 1.807) is 0 Å². The van der Waals surface area contributed by atoms with Crippen LogP contribution in [0.2, 0.25) is 0 Å². The molecule has 0 atom stereocenters. The van der Waals surface area contributed by atoms with Gasteiger partial charge in [0.1, 0.15) is 16.5 Å². The molecule has 3 aromatic rings. The van der Waals surface area contributed by atoms with Crippen molar-refractivity contribution in [2.75, 3.05) is 18.4 Å². The van der Waals surface area contributed by atoms with E-state index in [0.29, 0.717) is 0 Å². The number of halogens is 7. The number of aromatic nitrogens is 1. The first kappa shape index (κ1) is 30.3. The van der Waals surface area contributed by atoms with Crippen LogP contribution < -0.4 is 5.32 Å². The molecule has 1 aliphatic heterocycles. The molecule has 2 heterocycles. The molecule has 0 bridgehead atoms. The molecule has 0 amide bonds. The van der Waals surface area contributed by atoms with E-state index in [1.807, 2.05) is 4.90 Å². The van der Waals surface area contributed by atoms with Crippen molar-refractivity contribution in [3.8, 4) is 0 Å². The number of carbonyl (C=O) groups is 1. The van der Waals surface area contributed by atoms with Crippen LogP contribution in [0.15, 0.2) is 40.1 Å². The maximum absolute atomic E-state index is 14.6. The highest BCUT2D eigenvalue weighted by Crippen LogP contribution is 2.28. The SMILES string of the molecule is O=C(O)C(F)(F)F.O=S(=O)(Cc1cscn1)c1ccc(NCc2c(F)ccc(F)c2CN2CCC2)c(F)c1F. The van der Waals surface area contributed by atoms with Crippen LogP contribution in [0.4, 0.5) is 36.4 Å². The Bertz CT molecular complexity index is 1430. The summed E-state index contributed by atoms with van der Waals surface area (Å²) in [6.45, 7) is 1.47. The second-order valence-electron chi connectivity index (χ2n) is 8.25. The molecule has 7 nitrogen and oxygen atoms in total. The van der Waals surface area contributed by atoms with Crippen LogP contribution in [0.1, 0.15) is 23.2 Å². The molecule has 1 aliphatic rings. The number of anilines is 1. The monoisotopic (exact) mass is 599 g/mol. The van der Waals surface area contributed by atoms with E-state index in [2.05, 4.69) is 10.3 Å². The van der Waals surface area contributed by atoms with Crippen LogP contribution in [-0.2, 0) is 33.5 Å². The number of hydrogen-bond acceptors (Lipinski definition) is 7. The number of carboxylic acid groups (broad SMARTS) is 1. The van der Waals surface area contributed by atoms with Crippen molar-refractivity contribution in [3.63, 3.8) is 0 Å². The fraction of sp³-hybridized carbons (Fsp3) is 0.304. The fourth-order valence-electron chi connectivity index (χ4n) is 3.43. The molecule has 212 valence electrons. The van der Waals surface area contributed by atoms with Gasteiger partial charge in [0.25, 0.3) is 0 Å². The van der Waals surface area contributed by atoms with Gasteiger partial charge in [-0.2, -0.15) is 13.2 Å². The number of hydrogen-bond donors (Lipinski definition) is 2. The van der Waals surface area contributed by atoms with E-state index in [0.717, 1.165) is 43.8 Å². The van der Waals surface area contributed by atoms with Gasteiger partial charge in [-0.15, -0.1) is 11.3 Å². The van der Waals surface area contributed by atoms with Gasteiger partial charge in [0, 0.05) is 29.6 Å². The lowest BCUT2D eigenvalue weighted by Gasteiger charge is -2.31. The van der Waals surface area contributed by atoms with E-state index in [1.165, 1.54) is 22.2 Å². The second kappa shape index (κ2) is 12.3. The molecule has 1 aromatic heterocycles. The minimum Gasteiger partial charge on any atom is -0.475 e. The minimum atomic E-state index is -5.08. The Balaban J connectivity index is 0.000000532. The van der Waals surface area contributed by atoms with Crippen molar-refractivity contribution >= 4 is 32.8 Å². The molecule has 0 radical (unpaired) electrons. The fourth-order valence-corrected chi connectivity index (χ4v) is 5.44. The van der Waals surface area contributed by atoms with Crippen LogP contribution in [0.5, 0.6) is 0 Å². The first-order valence-corrected chi connectivity index (χ1v) is 13.6. The molecule has 0 spiro atoms. The maximum atomic E-state index is 14.6. The number of sulfone groups is 1. The Kier molecular flexibility index (Phi) is 9.55. The van der Waals surface area contributed by atoms with Crippen LogP contribution in [0, 0.1) is 23.3 Å². The Hall–Kier alpha value is -3.24. The molecule has 2 N–H and O–H groups in total. The van der Waals surface area contributed by atoms with Crippen molar-refractivity contribution < 1.29 is 49.1 Å². The highest BCUT2D eigenvalue weighted by Gasteiger charge is 2.38. The summed E-state index contributed by atoms with van der Waals surface area (Å²) in [5, 5.41) is 11.2. The van der Waals surface area contributed by atoms with Gasteiger partial charge in [-0.05, 0) is 43.8 Å². The maximum Gasteiger partial charge on any atom is 0.490 e. The van der Waals surface area contributed by atoms with Crippen LogP contribution in [-0.4, -0.2) is 48.6 Å². The third-order valence-corrected chi connectivity index (χ3v) is 7.85. The molecule has 39 heavy (non-hydrogen) atoms. The van der Waals surface area contributed by atoms with Gasteiger partial charge in [-0.3, -0.25) is 4.90 Å². The third-order valence-electron chi connectivity index (χ3n) is 5.55. The lowest BCUT2D eigenvalue weighted by Crippen LogP contribution is -2.37. The van der Waals surface area contributed by atoms with E-state index >= 15 is 0 Å². The van der Waals surface area contributed by atoms with Gasteiger partial charge in [-0.1, -0.05) is 0 Å². The molecule has 16 heteroatoms. The molecule has 0 aliphatic carbocycles. The summed E-state index contributed by atoms with van der Waals surface area (Å²) in [5.74, 6) is -7.51. The number of nitrogens with zero attached hydrogens (tertiary/aromatic N) is 2. The first-order chi connectivity index (χ1) is 18.2. The van der Waals surface area contributed by atoms with Crippen molar-refractivity contribution in [2.24, 2.45) is 0 Å². The van der Waals surface area contributed by atoms with Crippen molar-refractivity contribution in [1.82, 2.24) is 9.88 Å². The predicted molar refractivity (Wildman–Crippen MR) is 127 cm³/mol. The lowest BCUT2D eigenvalue weighted by atomic mass is 10.0. The van der Waals surface area contributed by atoms with Crippen molar-refractivity contribution in [2.45, 2.75) is 36.3 Å². The Labute approximate surface area is 221 Å². The zero-order valence-electron chi connectivity index (χ0n) is 19.7. The van der Waals surface area contributed by atoms with E-state index in [4.69, 9.17) is 9.90 Å². The standard InChI is InChI=1S/C21H19F4N3O2S2.C2HF3O2/c22-16-2-3-17(23)15(9-28-6-1-7-28)14(16)8-26-18-4-5-19(21(25)20(18)24)32(29,30)11-13-10-31-12-27-13;3-2(4,5)1(6)7/h2-5,10,12,26H,1,6-9,11H2;(H,6,7). The molecular weight excluding hydrogens is 579 g/mol. The van der Waals surface area contributed by atoms with Gasteiger partial charge < -0.3 is 10.4 Å². The number of aliphatic carboxylic acids is 1. The zero-order chi connectivity index (χ0) is 29.0. The molecule has 0 saturated carbocycles. The van der Waals surface area contributed by atoms with E-state index in [9.17, 15) is 39.2 Å². The molecule has 4 rings (SSSR count). The Morgan fingerprint density at radius 3 is 2.15 bits per heavy atom. The third kappa shape index (κ3) is 7.67. The smallest absolute Gasteiger partial charge is 0.475 e. The average Bonchev–Trinajstić information content (AvgIpc) is 3.32. The minimum absolute atomic E-state index is 0.0111. The van der Waals surface area contributed by atoms with E-state index in [-0.39, 0.29) is 35.6 Å². The second-order valence-corrected chi connectivity index (χ2v) is 10.9. The summed E-state index contributed by atoms with van der Waals surface area (Å²) in [4.78, 5) is 13.9. The molecule has 0 unspecified atom stereocenters. The number of thiazole rings is 1. The quantitative estimate of drug-likeness (QED) is 0.347. The largest absolute Gasteiger partial charge is 0.490 e. The Morgan fingerprint density at radius 1 is 1.03 bits per heavy atom. The van der Waals surface area contributed by atoms with Crippen LogP contribution in [0.3, 0.4) is 0 Å². The van der Waals surface area contributed by atoms with Gasteiger partial charge in [0.05, 0.1) is 22.6 Å². The van der Waals surface area contributed by atoms with E-state index < -0.39 is 55.9 Å². The summed E-state index contributed by atoms with van der Waals surface area (Å²) in [6, 6.07) is 4.04. The molecule has 2 aromatic carbocycles. The van der Waals surface area contributed by atoms with Gasteiger partial charge >= 0.3 is 12.1 Å². The zero-order valence-corrected chi connectivity index (χ0v) is 21.4. The summed E-state index contributed by atoms with van der Waals surface area (Å²) >= 11 is 1.19. The highest BCUT2D eigenvalue weighted by atomic mass is 32.2. The van der Waals surface area contributed by atoms with Crippen LogP contribution in [0.25, 0.3) is 0 Å². The number of carboxylic acids is 1. The average molecular weight is 600 g/mol. The summed E-state index contributed by atoms with van der Waals surface area (Å²) in [7, 11) is -4.16. The van der Waals surface area contributed by atoms with Gasteiger partial charge in [0.15, 0.2) is 21.5 Å². The van der Waals surface area contributed by atoms with Crippen molar-refractivity contribution in [3.05, 3.63) is 75.2 Å². The topological polar surface area (TPSA) is 99.6 Å². The summed E-state index contributed by atoms with van der Waals surface area (Å²) in [6.07, 6.45) is -4.10. The normalized spacial score (nSPS) is 13.8. The van der Waals surface area contributed by atoms with Crippen molar-refractivity contribution in [1.29, 1.82) is 0 Å². The lowest BCUT2D eigenvalue weighted by molar-refractivity contribution is -0.192. The highest BCUT2D eigenvalue weighted by molar-refractivity contribution is 7.90. The van der Waals surface area contributed by atoms with Gasteiger partial charge in [-0.25, -0.2) is 35.8 Å². The summed E-state index contributed by atoms with van der Waals surface area (Å²) < 4.78 is 115. The molecule has 1 saturated heterocycles. The predicted octanol–water partition coefficient (Wildman–Crippen LogP) is 5.12. The van der Waals surface area contributed by atoms with Crippen LogP contribution >= 0.6 is 11.3 Å². The number of alkyl halides is 3.